The van der Waals surface area contributed by atoms with Crippen LogP contribution in [0.25, 0.3) is 0 Å². The van der Waals surface area contributed by atoms with Crippen molar-refractivity contribution in [1.29, 1.82) is 0 Å². The van der Waals surface area contributed by atoms with Crippen LogP contribution in [-0.2, 0) is 26.2 Å². The molecule has 0 aliphatic heterocycles. The topological polar surface area (TPSA) is 105 Å². The molecule has 0 heterocycles. The largest absolute Gasteiger partial charge is 0.497 e. The maximum absolute atomic E-state index is 13.9. The van der Waals surface area contributed by atoms with Gasteiger partial charge in [0.05, 0.1) is 24.8 Å². The van der Waals surface area contributed by atoms with E-state index < -0.39 is 28.5 Å². The first-order chi connectivity index (χ1) is 18.6. The van der Waals surface area contributed by atoms with Gasteiger partial charge >= 0.3 is 0 Å². The van der Waals surface area contributed by atoms with Crippen molar-refractivity contribution in [3.8, 4) is 11.5 Å². The van der Waals surface area contributed by atoms with E-state index >= 15 is 0 Å². The SMILES string of the molecule is CCNC(=O)[C@H](C)N(Cc1cccc(Cl)c1)C(=O)CN(c1ccccc1OC)S(=O)(=O)c1ccc(OC)cc1. The fourth-order valence-electron chi connectivity index (χ4n) is 3.96. The Hall–Kier alpha value is -3.76. The van der Waals surface area contributed by atoms with Gasteiger partial charge in [-0.2, -0.15) is 0 Å². The standard InChI is InChI=1S/C28H32ClN3O6S/c1-5-30-28(34)20(2)31(18-21-9-8-10-22(29)17-21)27(33)19-32(25-11-6-7-12-26(25)38-4)39(35,36)24-15-13-23(37-3)14-16-24/h6-17,20H,5,18-19H2,1-4H3,(H,30,34)/t20-/m0/s1. The second-order valence-electron chi connectivity index (χ2n) is 8.58. The highest BCUT2D eigenvalue weighted by Gasteiger charge is 2.33. The number of sulfonamides is 1. The van der Waals surface area contributed by atoms with Crippen LogP contribution in [0.3, 0.4) is 0 Å². The third-order valence-electron chi connectivity index (χ3n) is 6.04. The second kappa shape index (κ2) is 13.3. The van der Waals surface area contributed by atoms with E-state index in [1.165, 1.54) is 43.4 Å². The number of amides is 2. The molecule has 1 atom stereocenters. The number of carbonyl (C=O) groups excluding carboxylic acids is 2. The molecule has 0 bridgehead atoms. The van der Waals surface area contributed by atoms with E-state index in [9.17, 15) is 18.0 Å². The van der Waals surface area contributed by atoms with E-state index in [0.717, 1.165) is 4.31 Å². The third kappa shape index (κ3) is 7.21. The quantitative estimate of drug-likeness (QED) is 0.350. The average Bonchev–Trinajstić information content (AvgIpc) is 2.94. The van der Waals surface area contributed by atoms with Crippen molar-refractivity contribution in [2.75, 3.05) is 31.6 Å². The Labute approximate surface area is 234 Å². The number of methoxy groups -OCH3 is 2. The zero-order chi connectivity index (χ0) is 28.6. The number of para-hydroxylation sites is 2. The van der Waals surface area contributed by atoms with Gasteiger partial charge in [0.25, 0.3) is 10.0 Å². The molecule has 0 radical (unpaired) electrons. The molecule has 0 spiro atoms. The molecule has 0 fully saturated rings. The van der Waals surface area contributed by atoms with Gasteiger partial charge in [-0.1, -0.05) is 35.9 Å². The van der Waals surface area contributed by atoms with E-state index in [1.54, 1.807) is 62.4 Å². The van der Waals surface area contributed by atoms with Gasteiger partial charge in [-0.3, -0.25) is 13.9 Å². The molecule has 9 nitrogen and oxygen atoms in total. The van der Waals surface area contributed by atoms with Gasteiger partial charge in [0.1, 0.15) is 24.1 Å². The summed E-state index contributed by atoms with van der Waals surface area (Å²) >= 11 is 6.15. The third-order valence-corrected chi connectivity index (χ3v) is 8.05. The number of hydrogen-bond acceptors (Lipinski definition) is 6. The summed E-state index contributed by atoms with van der Waals surface area (Å²) in [4.78, 5) is 28.0. The Morgan fingerprint density at radius 3 is 2.28 bits per heavy atom. The summed E-state index contributed by atoms with van der Waals surface area (Å²) in [5, 5.41) is 3.20. The number of anilines is 1. The molecule has 3 aromatic rings. The van der Waals surface area contributed by atoms with E-state index in [4.69, 9.17) is 21.1 Å². The number of carbonyl (C=O) groups is 2. The van der Waals surface area contributed by atoms with Crippen molar-refractivity contribution in [2.24, 2.45) is 0 Å². The molecule has 208 valence electrons. The van der Waals surface area contributed by atoms with Crippen molar-refractivity contribution >= 4 is 39.1 Å². The summed E-state index contributed by atoms with van der Waals surface area (Å²) < 4.78 is 39.4. The van der Waals surface area contributed by atoms with Crippen molar-refractivity contribution in [3.05, 3.63) is 83.4 Å². The molecule has 39 heavy (non-hydrogen) atoms. The summed E-state index contributed by atoms with van der Waals surface area (Å²) in [6.07, 6.45) is 0. The van der Waals surface area contributed by atoms with Crippen LogP contribution in [0.2, 0.25) is 5.02 Å². The molecule has 0 aliphatic rings. The van der Waals surface area contributed by atoms with Gasteiger partial charge < -0.3 is 19.7 Å². The monoisotopic (exact) mass is 573 g/mol. The molecular weight excluding hydrogens is 542 g/mol. The number of halogens is 1. The van der Waals surface area contributed by atoms with Crippen LogP contribution in [-0.4, -0.2) is 58.5 Å². The lowest BCUT2D eigenvalue weighted by atomic mass is 10.1. The first kappa shape index (κ1) is 29.8. The highest BCUT2D eigenvalue weighted by atomic mass is 35.5. The number of benzene rings is 3. The molecule has 0 saturated carbocycles. The first-order valence-electron chi connectivity index (χ1n) is 12.2. The van der Waals surface area contributed by atoms with Crippen molar-refractivity contribution in [2.45, 2.75) is 31.3 Å². The van der Waals surface area contributed by atoms with Crippen LogP contribution in [0.4, 0.5) is 5.69 Å². The Bertz CT molecular complexity index is 1400. The van der Waals surface area contributed by atoms with Crippen molar-refractivity contribution in [1.82, 2.24) is 10.2 Å². The summed E-state index contributed by atoms with van der Waals surface area (Å²) in [7, 11) is -1.35. The molecule has 1 N–H and O–H groups in total. The fraction of sp³-hybridized carbons (Fsp3) is 0.286. The van der Waals surface area contributed by atoms with E-state index in [2.05, 4.69) is 5.32 Å². The number of nitrogens with one attached hydrogen (secondary N) is 1. The van der Waals surface area contributed by atoms with Gasteiger partial charge in [0.2, 0.25) is 11.8 Å². The van der Waals surface area contributed by atoms with E-state index in [0.29, 0.717) is 22.9 Å². The summed E-state index contributed by atoms with van der Waals surface area (Å²) in [6.45, 7) is 3.21. The van der Waals surface area contributed by atoms with Gasteiger partial charge in [0.15, 0.2) is 0 Å². The lowest BCUT2D eigenvalue weighted by Gasteiger charge is -2.32. The minimum atomic E-state index is -4.25. The maximum atomic E-state index is 13.9. The van der Waals surface area contributed by atoms with Crippen LogP contribution in [0.5, 0.6) is 11.5 Å². The summed E-state index contributed by atoms with van der Waals surface area (Å²) in [5.41, 5.74) is 0.867. The van der Waals surface area contributed by atoms with Gasteiger partial charge in [-0.05, 0) is 67.9 Å². The van der Waals surface area contributed by atoms with E-state index in [-0.39, 0.29) is 28.8 Å². The van der Waals surface area contributed by atoms with E-state index in [1.807, 2.05) is 0 Å². The van der Waals surface area contributed by atoms with Crippen molar-refractivity contribution < 1.29 is 27.5 Å². The molecule has 2 amide bonds. The van der Waals surface area contributed by atoms with Crippen LogP contribution in [0.15, 0.2) is 77.7 Å². The summed E-state index contributed by atoms with van der Waals surface area (Å²) in [6, 6.07) is 18.4. The Kier molecular flexibility index (Phi) is 10.2. The second-order valence-corrected chi connectivity index (χ2v) is 10.9. The molecular formula is C28H32ClN3O6S. The molecule has 0 saturated heterocycles. The van der Waals surface area contributed by atoms with Crippen molar-refractivity contribution in [3.63, 3.8) is 0 Å². The molecule has 11 heteroatoms. The number of likely N-dealkylation sites (N-methyl/N-ethyl adjacent to an activating group) is 1. The number of hydrogen-bond donors (Lipinski definition) is 1. The zero-order valence-electron chi connectivity index (χ0n) is 22.3. The minimum Gasteiger partial charge on any atom is -0.497 e. The van der Waals surface area contributed by atoms with Crippen LogP contribution in [0.1, 0.15) is 19.4 Å². The molecule has 0 aliphatic carbocycles. The van der Waals surface area contributed by atoms with Crippen LogP contribution in [0, 0.1) is 0 Å². The maximum Gasteiger partial charge on any atom is 0.264 e. The lowest BCUT2D eigenvalue weighted by Crippen LogP contribution is -2.51. The predicted molar refractivity (Wildman–Crippen MR) is 151 cm³/mol. The number of ether oxygens (including phenoxy) is 2. The molecule has 3 aromatic carbocycles. The van der Waals surface area contributed by atoms with Gasteiger partial charge in [0, 0.05) is 18.1 Å². The Balaban J connectivity index is 2.07. The van der Waals surface area contributed by atoms with Gasteiger partial charge in [-0.25, -0.2) is 8.42 Å². The number of nitrogens with zero attached hydrogens (tertiary/aromatic N) is 2. The Morgan fingerprint density at radius 1 is 0.974 bits per heavy atom. The number of rotatable bonds is 12. The van der Waals surface area contributed by atoms with Crippen LogP contribution < -0.4 is 19.1 Å². The highest BCUT2D eigenvalue weighted by Crippen LogP contribution is 2.33. The minimum absolute atomic E-state index is 0.0415. The first-order valence-corrected chi connectivity index (χ1v) is 14.1. The highest BCUT2D eigenvalue weighted by molar-refractivity contribution is 7.92. The smallest absolute Gasteiger partial charge is 0.264 e. The van der Waals surface area contributed by atoms with Gasteiger partial charge in [-0.15, -0.1) is 0 Å². The Morgan fingerprint density at radius 2 is 1.67 bits per heavy atom. The lowest BCUT2D eigenvalue weighted by molar-refractivity contribution is -0.139. The molecule has 0 aromatic heterocycles. The fourth-order valence-corrected chi connectivity index (χ4v) is 5.60. The average molecular weight is 574 g/mol. The summed E-state index contributed by atoms with van der Waals surface area (Å²) in [5.74, 6) is -0.204. The zero-order valence-corrected chi connectivity index (χ0v) is 23.8. The predicted octanol–water partition coefficient (Wildman–Crippen LogP) is 4.11. The molecule has 0 unspecified atom stereocenters. The normalized spacial score (nSPS) is 11.8. The molecule has 3 rings (SSSR count). The van der Waals surface area contributed by atoms with Crippen LogP contribution >= 0.6 is 11.6 Å².